The van der Waals surface area contributed by atoms with Gasteiger partial charge in [-0.15, -0.1) is 11.3 Å². The van der Waals surface area contributed by atoms with Crippen LogP contribution in [0.15, 0.2) is 0 Å². The van der Waals surface area contributed by atoms with Crippen molar-refractivity contribution >= 4 is 17.3 Å². The average Bonchev–Trinajstić information content (AvgIpc) is 2.45. The van der Waals surface area contributed by atoms with Gasteiger partial charge in [0.25, 0.3) is 0 Å². The van der Waals surface area contributed by atoms with Crippen molar-refractivity contribution in [2.24, 2.45) is 0 Å². The first-order chi connectivity index (χ1) is 6.43. The smallest absolute Gasteiger partial charge is 0.347 e. The lowest BCUT2D eigenvalue weighted by atomic mass is 10.3. The molecule has 0 saturated carbocycles. The fourth-order valence-corrected chi connectivity index (χ4v) is 2.07. The quantitative estimate of drug-likeness (QED) is 0.833. The summed E-state index contributed by atoms with van der Waals surface area (Å²) in [4.78, 5) is 17.4. The average molecular weight is 214 g/mol. The molecule has 0 aliphatic carbocycles. The highest BCUT2D eigenvalue weighted by molar-refractivity contribution is 7.13. The normalized spacial score (nSPS) is 13.2. The first-order valence-corrected chi connectivity index (χ1v) is 5.12. The van der Waals surface area contributed by atoms with Crippen molar-refractivity contribution in [3.63, 3.8) is 0 Å². The molecule has 0 bridgehead atoms. The second-order valence-corrected chi connectivity index (χ2v) is 4.44. The van der Waals surface area contributed by atoms with Crippen LogP contribution in [-0.2, 0) is 0 Å². The fourth-order valence-electron chi connectivity index (χ4n) is 1.02. The highest BCUT2D eigenvalue weighted by atomic mass is 32.1. The van der Waals surface area contributed by atoms with E-state index in [2.05, 4.69) is 4.98 Å². The van der Waals surface area contributed by atoms with E-state index in [0.717, 1.165) is 5.01 Å². The Kier molecular flexibility index (Phi) is 3.23. The molecule has 0 amide bonds. The Morgan fingerprint density at radius 1 is 1.57 bits per heavy atom. The molecule has 14 heavy (non-hydrogen) atoms. The van der Waals surface area contributed by atoms with E-state index in [1.807, 2.05) is 25.9 Å². The van der Waals surface area contributed by atoms with Gasteiger partial charge in [0.15, 0.2) is 0 Å². The Balaban J connectivity index is 3.02. The van der Waals surface area contributed by atoms with Crippen LogP contribution in [0.5, 0.6) is 0 Å². The Bertz CT molecular complexity index is 347. The molecule has 0 saturated heterocycles. The lowest BCUT2D eigenvalue weighted by molar-refractivity contribution is 0.0701. The molecule has 78 valence electrons. The minimum Gasteiger partial charge on any atom is -0.477 e. The van der Waals surface area contributed by atoms with E-state index >= 15 is 0 Å². The van der Waals surface area contributed by atoms with E-state index in [4.69, 9.17) is 5.11 Å². The number of aryl methyl sites for hydroxylation is 1. The van der Waals surface area contributed by atoms with Gasteiger partial charge in [-0.1, -0.05) is 0 Å². The summed E-state index contributed by atoms with van der Waals surface area (Å²) in [6.45, 7) is 3.73. The van der Waals surface area contributed by atoms with Gasteiger partial charge in [0, 0.05) is 0 Å². The summed E-state index contributed by atoms with van der Waals surface area (Å²) in [6, 6.07) is 0.159. The first-order valence-electron chi connectivity index (χ1n) is 4.30. The second kappa shape index (κ2) is 4.06. The monoisotopic (exact) mass is 214 g/mol. The van der Waals surface area contributed by atoms with Crippen LogP contribution in [0.1, 0.15) is 33.3 Å². The molecule has 5 heteroatoms. The molecule has 1 unspecified atom stereocenters. The van der Waals surface area contributed by atoms with Gasteiger partial charge in [-0.3, -0.25) is 0 Å². The number of aromatic nitrogens is 1. The van der Waals surface area contributed by atoms with Crippen LogP contribution in [0.2, 0.25) is 0 Å². The third kappa shape index (κ3) is 2.10. The standard InChI is InChI=1S/C9H14N2O2S/c1-5-7(9(12)13)14-8(10-5)6(2)11(3)4/h6H,1-4H3,(H,12,13). The highest BCUT2D eigenvalue weighted by Gasteiger charge is 2.18. The number of thiazole rings is 1. The van der Waals surface area contributed by atoms with Crippen molar-refractivity contribution < 1.29 is 9.90 Å². The lowest BCUT2D eigenvalue weighted by Crippen LogP contribution is -2.16. The minimum atomic E-state index is -0.891. The minimum absolute atomic E-state index is 0.159. The summed E-state index contributed by atoms with van der Waals surface area (Å²) < 4.78 is 0. The van der Waals surface area contributed by atoms with E-state index in [0.29, 0.717) is 10.6 Å². The van der Waals surface area contributed by atoms with Crippen LogP contribution in [0.3, 0.4) is 0 Å². The van der Waals surface area contributed by atoms with Crippen LogP contribution in [-0.4, -0.2) is 35.1 Å². The SMILES string of the molecule is Cc1nc(C(C)N(C)C)sc1C(=O)O. The molecular weight excluding hydrogens is 200 g/mol. The number of carbonyl (C=O) groups is 1. The molecule has 0 aliphatic rings. The maximum Gasteiger partial charge on any atom is 0.347 e. The Hall–Kier alpha value is -0.940. The maximum absolute atomic E-state index is 10.8. The molecule has 1 atom stereocenters. The largest absolute Gasteiger partial charge is 0.477 e. The molecule has 4 nitrogen and oxygen atoms in total. The third-order valence-electron chi connectivity index (χ3n) is 2.14. The van der Waals surface area contributed by atoms with Crippen molar-refractivity contribution in [2.75, 3.05) is 14.1 Å². The van der Waals surface area contributed by atoms with Crippen molar-refractivity contribution in [3.05, 3.63) is 15.6 Å². The number of rotatable bonds is 3. The zero-order valence-corrected chi connectivity index (χ0v) is 9.55. The van der Waals surface area contributed by atoms with Gasteiger partial charge in [-0.05, 0) is 27.9 Å². The molecule has 1 aromatic heterocycles. The predicted molar refractivity (Wildman–Crippen MR) is 55.9 cm³/mol. The summed E-state index contributed by atoms with van der Waals surface area (Å²) >= 11 is 1.25. The molecule has 0 spiro atoms. The first kappa shape index (κ1) is 11.1. The van der Waals surface area contributed by atoms with E-state index in [-0.39, 0.29) is 6.04 Å². The Morgan fingerprint density at radius 2 is 2.14 bits per heavy atom. The van der Waals surface area contributed by atoms with Gasteiger partial charge in [0.1, 0.15) is 9.88 Å². The molecule has 0 aliphatic heterocycles. The predicted octanol–water partition coefficient (Wildman–Crippen LogP) is 1.77. The van der Waals surface area contributed by atoms with E-state index in [1.54, 1.807) is 6.92 Å². The summed E-state index contributed by atoms with van der Waals surface area (Å²) in [5.74, 6) is -0.891. The van der Waals surface area contributed by atoms with Crippen LogP contribution < -0.4 is 0 Å². The van der Waals surface area contributed by atoms with Crippen LogP contribution in [0.25, 0.3) is 0 Å². The fraction of sp³-hybridized carbons (Fsp3) is 0.556. The molecule has 1 rings (SSSR count). The molecule has 1 heterocycles. The van der Waals surface area contributed by atoms with Crippen molar-refractivity contribution in [1.82, 2.24) is 9.88 Å². The van der Waals surface area contributed by atoms with Crippen molar-refractivity contribution in [3.8, 4) is 0 Å². The van der Waals surface area contributed by atoms with E-state index in [9.17, 15) is 4.79 Å². The zero-order chi connectivity index (χ0) is 10.9. The van der Waals surface area contributed by atoms with Gasteiger partial charge >= 0.3 is 5.97 Å². The van der Waals surface area contributed by atoms with Gasteiger partial charge < -0.3 is 10.0 Å². The highest BCUT2D eigenvalue weighted by Crippen LogP contribution is 2.25. The van der Waals surface area contributed by atoms with Gasteiger partial charge in [-0.25, -0.2) is 9.78 Å². The third-order valence-corrected chi connectivity index (χ3v) is 3.46. The molecule has 0 radical (unpaired) electrons. The molecule has 0 aromatic carbocycles. The lowest BCUT2D eigenvalue weighted by Gasteiger charge is -2.16. The number of nitrogens with zero attached hydrogens (tertiary/aromatic N) is 2. The summed E-state index contributed by atoms with van der Waals surface area (Å²) in [7, 11) is 3.89. The van der Waals surface area contributed by atoms with Crippen LogP contribution in [0, 0.1) is 6.92 Å². The van der Waals surface area contributed by atoms with E-state index < -0.39 is 5.97 Å². The van der Waals surface area contributed by atoms with Gasteiger partial charge in [-0.2, -0.15) is 0 Å². The number of carboxylic acid groups (broad SMARTS) is 1. The molecule has 0 fully saturated rings. The molecule has 1 N–H and O–H groups in total. The van der Waals surface area contributed by atoms with Gasteiger partial charge in [0.2, 0.25) is 0 Å². The number of aromatic carboxylic acids is 1. The second-order valence-electron chi connectivity index (χ2n) is 3.41. The topological polar surface area (TPSA) is 53.4 Å². The van der Waals surface area contributed by atoms with Crippen LogP contribution in [0.4, 0.5) is 0 Å². The van der Waals surface area contributed by atoms with Gasteiger partial charge in [0.05, 0.1) is 11.7 Å². The van der Waals surface area contributed by atoms with Crippen LogP contribution >= 0.6 is 11.3 Å². The molecule has 1 aromatic rings. The summed E-state index contributed by atoms with van der Waals surface area (Å²) in [6.07, 6.45) is 0. The number of hydrogen-bond acceptors (Lipinski definition) is 4. The number of carboxylic acids is 1. The summed E-state index contributed by atoms with van der Waals surface area (Å²) in [5.41, 5.74) is 0.603. The van der Waals surface area contributed by atoms with Crippen molar-refractivity contribution in [2.45, 2.75) is 19.9 Å². The summed E-state index contributed by atoms with van der Waals surface area (Å²) in [5, 5.41) is 9.71. The maximum atomic E-state index is 10.8. The zero-order valence-electron chi connectivity index (χ0n) is 8.74. The Morgan fingerprint density at radius 3 is 2.50 bits per heavy atom. The Labute approximate surface area is 87.2 Å². The molecular formula is C9H14N2O2S. The number of hydrogen-bond donors (Lipinski definition) is 1. The van der Waals surface area contributed by atoms with Crippen molar-refractivity contribution in [1.29, 1.82) is 0 Å². The van der Waals surface area contributed by atoms with E-state index in [1.165, 1.54) is 11.3 Å².